The topological polar surface area (TPSA) is 242 Å². The highest BCUT2D eigenvalue weighted by Gasteiger charge is 2.43. The summed E-state index contributed by atoms with van der Waals surface area (Å²) in [5.74, 6) is 1.99. The molecule has 4 aliphatic heterocycles. The molecule has 4 aliphatic rings. The summed E-state index contributed by atoms with van der Waals surface area (Å²) >= 11 is 3.80. The molecule has 4 fully saturated rings. The molecule has 67 heavy (non-hydrogen) atoms. The summed E-state index contributed by atoms with van der Waals surface area (Å²) in [6.07, 6.45) is 6.63. The Labute approximate surface area is 405 Å². The predicted molar refractivity (Wildman–Crippen MR) is 253 cm³/mol. The zero-order chi connectivity index (χ0) is 47.3. The van der Waals surface area contributed by atoms with Gasteiger partial charge in [-0.1, -0.05) is 12.8 Å². The number of nitrogens with one attached hydrogen (secondary N) is 6. The molecule has 6 atom stereocenters. The lowest BCUT2D eigenvalue weighted by Gasteiger charge is -2.16. The average Bonchev–Trinajstić information content (AvgIpc) is 4.09. The van der Waals surface area contributed by atoms with Crippen LogP contribution in [0.4, 0.5) is 9.59 Å². The fourth-order valence-electron chi connectivity index (χ4n) is 7.55. The molecule has 0 bridgehead atoms. The van der Waals surface area contributed by atoms with Crippen LogP contribution in [-0.4, -0.2) is 228 Å². The van der Waals surface area contributed by atoms with Crippen LogP contribution in [0.3, 0.4) is 0 Å². The molecule has 21 nitrogen and oxygen atoms in total. The molecule has 23 heteroatoms. The third-order valence-electron chi connectivity index (χ3n) is 11.0. The summed E-state index contributed by atoms with van der Waals surface area (Å²) in [6.45, 7) is 11.3. The molecule has 0 aromatic carbocycles. The van der Waals surface area contributed by atoms with Crippen molar-refractivity contribution in [2.45, 2.75) is 86.0 Å². The highest BCUT2D eigenvalue weighted by atomic mass is 32.2. The molecule has 4 rings (SSSR count). The van der Waals surface area contributed by atoms with Crippen LogP contribution in [0, 0.1) is 0 Å². The molecule has 388 valence electrons. The number of fused-ring (bicyclic) bond motifs is 2. The third-order valence-corrected chi connectivity index (χ3v) is 14.0. The van der Waals surface area contributed by atoms with Gasteiger partial charge in [0.1, 0.15) is 0 Å². The van der Waals surface area contributed by atoms with Gasteiger partial charge in [-0.3, -0.25) is 9.59 Å². The fourth-order valence-corrected chi connectivity index (χ4v) is 10.6. The maximum Gasteiger partial charge on any atom is 0.315 e. The Bertz CT molecular complexity index is 1230. The van der Waals surface area contributed by atoms with Gasteiger partial charge in [0.05, 0.1) is 170 Å². The van der Waals surface area contributed by atoms with Crippen LogP contribution in [0.25, 0.3) is 0 Å². The van der Waals surface area contributed by atoms with Crippen LogP contribution >= 0.6 is 23.5 Å². The van der Waals surface area contributed by atoms with Crippen molar-refractivity contribution in [3.05, 3.63) is 0 Å². The zero-order valence-corrected chi connectivity index (χ0v) is 41.1. The minimum atomic E-state index is -0.0639. The van der Waals surface area contributed by atoms with E-state index < -0.39 is 0 Å². The van der Waals surface area contributed by atoms with Gasteiger partial charge >= 0.3 is 12.1 Å². The van der Waals surface area contributed by atoms with Crippen molar-refractivity contribution >= 4 is 47.4 Å². The summed E-state index contributed by atoms with van der Waals surface area (Å²) in [5, 5.41) is 18.6. The van der Waals surface area contributed by atoms with E-state index in [1.807, 2.05) is 23.5 Å². The van der Waals surface area contributed by atoms with Crippen LogP contribution in [0.15, 0.2) is 0 Å². The van der Waals surface area contributed by atoms with Crippen molar-refractivity contribution in [1.29, 1.82) is 0 Å². The van der Waals surface area contributed by atoms with E-state index in [2.05, 4.69) is 31.9 Å². The van der Waals surface area contributed by atoms with Crippen molar-refractivity contribution in [3.63, 3.8) is 0 Å². The smallest absolute Gasteiger partial charge is 0.315 e. The van der Waals surface area contributed by atoms with E-state index in [1.54, 1.807) is 0 Å². The van der Waals surface area contributed by atoms with Crippen molar-refractivity contribution in [3.8, 4) is 0 Å². The van der Waals surface area contributed by atoms with Gasteiger partial charge in [0, 0.05) is 47.9 Å². The minimum Gasteiger partial charge on any atom is -0.377 e. The second kappa shape index (κ2) is 38.5. The van der Waals surface area contributed by atoms with Crippen molar-refractivity contribution in [2.24, 2.45) is 0 Å². The highest BCUT2D eigenvalue weighted by molar-refractivity contribution is 8.00. The van der Waals surface area contributed by atoms with Crippen LogP contribution in [0.2, 0.25) is 0 Å². The Morgan fingerprint density at radius 3 is 0.955 bits per heavy atom. The molecule has 0 aromatic rings. The molecule has 0 aromatic heterocycles. The van der Waals surface area contributed by atoms with E-state index in [-0.39, 0.29) is 48.0 Å². The van der Waals surface area contributed by atoms with E-state index in [0.717, 1.165) is 50.0 Å². The maximum absolute atomic E-state index is 12.1. The van der Waals surface area contributed by atoms with Crippen LogP contribution in [0.5, 0.6) is 0 Å². The van der Waals surface area contributed by atoms with Gasteiger partial charge in [0.2, 0.25) is 11.8 Å². The fraction of sp³-hybridized carbons (Fsp3) is 0.909. The predicted octanol–water partition coefficient (Wildman–Crippen LogP) is 0.853. The maximum atomic E-state index is 12.1. The second-order valence-electron chi connectivity index (χ2n) is 16.2. The Kier molecular flexibility index (Phi) is 32.9. The van der Waals surface area contributed by atoms with Gasteiger partial charge in [-0.25, -0.2) is 9.59 Å². The SMILES string of the molecule is O=C(CCCCC1SCC2NC(=O)NC21)NCCOCCOCCOCCOCCOCCOCCOCCOCCOCCOCCOCCNC(=O)CCCCC1SCC2NC(=O)NC21. The van der Waals surface area contributed by atoms with E-state index >= 15 is 0 Å². The van der Waals surface area contributed by atoms with Gasteiger partial charge in [0.25, 0.3) is 0 Å². The number of carbonyl (C=O) groups is 4. The van der Waals surface area contributed by atoms with Crippen molar-refractivity contribution < 1.29 is 71.3 Å². The first kappa shape index (κ1) is 57.3. The first-order valence-corrected chi connectivity index (χ1v) is 26.3. The number of hydrogen-bond acceptors (Lipinski definition) is 17. The number of carbonyl (C=O) groups excluding carboxylic acids is 4. The molecule has 4 saturated heterocycles. The lowest BCUT2D eigenvalue weighted by molar-refractivity contribution is -0.122. The second-order valence-corrected chi connectivity index (χ2v) is 18.7. The average molecular weight is 997 g/mol. The van der Waals surface area contributed by atoms with Gasteiger partial charge in [-0.2, -0.15) is 23.5 Å². The normalized spacial score (nSPS) is 21.7. The number of unbranched alkanes of at least 4 members (excludes halogenated alkanes) is 2. The van der Waals surface area contributed by atoms with E-state index in [4.69, 9.17) is 52.1 Å². The molecular formula is C44H80N6O15S2. The summed E-state index contributed by atoms with van der Waals surface area (Å²) < 4.78 is 60.7. The Morgan fingerprint density at radius 2 is 0.672 bits per heavy atom. The number of hydrogen-bond donors (Lipinski definition) is 6. The number of amides is 6. The monoisotopic (exact) mass is 997 g/mol. The van der Waals surface area contributed by atoms with E-state index in [9.17, 15) is 19.2 Å². The molecule has 6 amide bonds. The van der Waals surface area contributed by atoms with Gasteiger partial charge in [0.15, 0.2) is 0 Å². The third kappa shape index (κ3) is 27.7. The number of urea groups is 2. The molecule has 4 heterocycles. The minimum absolute atomic E-state index is 0.0388. The van der Waals surface area contributed by atoms with E-state index in [0.29, 0.717) is 182 Å². The first-order valence-electron chi connectivity index (χ1n) is 24.3. The highest BCUT2D eigenvalue weighted by Crippen LogP contribution is 2.34. The number of rotatable bonds is 46. The molecule has 0 saturated carbocycles. The largest absolute Gasteiger partial charge is 0.377 e. The first-order chi connectivity index (χ1) is 33.0. The van der Waals surface area contributed by atoms with Crippen molar-refractivity contribution in [2.75, 3.05) is 170 Å². The van der Waals surface area contributed by atoms with Crippen LogP contribution in [0.1, 0.15) is 51.4 Å². The molecule has 0 aliphatic carbocycles. The Balaban J connectivity index is 0.726. The van der Waals surface area contributed by atoms with E-state index in [1.165, 1.54) is 0 Å². The van der Waals surface area contributed by atoms with Crippen molar-refractivity contribution in [1.82, 2.24) is 31.9 Å². The van der Waals surface area contributed by atoms with Crippen LogP contribution < -0.4 is 31.9 Å². The lowest BCUT2D eigenvalue weighted by Crippen LogP contribution is -2.36. The Morgan fingerprint density at radius 1 is 0.403 bits per heavy atom. The zero-order valence-electron chi connectivity index (χ0n) is 39.4. The van der Waals surface area contributed by atoms with Crippen LogP contribution in [-0.2, 0) is 61.7 Å². The number of thioether (sulfide) groups is 2. The summed E-state index contributed by atoms with van der Waals surface area (Å²) in [4.78, 5) is 47.1. The molecular weight excluding hydrogens is 917 g/mol. The summed E-state index contributed by atoms with van der Waals surface area (Å²) in [7, 11) is 0. The van der Waals surface area contributed by atoms with Gasteiger partial charge in [-0.15, -0.1) is 0 Å². The molecule has 0 radical (unpaired) electrons. The lowest BCUT2D eigenvalue weighted by atomic mass is 10.0. The summed E-state index contributed by atoms with van der Waals surface area (Å²) in [5.41, 5.74) is 0. The number of ether oxygens (including phenoxy) is 11. The quantitative estimate of drug-likeness (QED) is 0.0366. The molecule has 6 N–H and O–H groups in total. The Hall–Kier alpha value is -2.26. The molecule has 6 unspecified atom stereocenters. The van der Waals surface area contributed by atoms with Gasteiger partial charge in [-0.05, 0) is 25.7 Å². The molecule has 0 spiro atoms. The van der Waals surface area contributed by atoms with Gasteiger partial charge < -0.3 is 84.0 Å². The summed E-state index contributed by atoms with van der Waals surface area (Å²) in [6, 6.07) is 0.787. The standard InChI is InChI=1S/C44H80N6O15S2/c51-39(7-3-1-5-37-41-35(33-66-37)47-43(53)49-41)45-9-11-55-13-15-57-17-19-59-21-23-61-25-27-63-29-31-65-32-30-64-28-26-62-24-22-60-20-18-58-16-14-56-12-10-46-40(52)8-4-2-6-38-42-36(34-67-38)48-44(54)50-42/h35-38,41-42H,1-34H2,(H,45,51)(H,46,52)(H2,47,49,53)(H2,48,50,54).